The first-order chi connectivity index (χ1) is 14.8. The molecule has 1 amide bonds. The standard InChI is InChI=1S/C23H17ClFNO4S/c1-12-8-9-31-22(12)19-18(20(27)16-10-13(24)6-7-17(16)30-2)21(28)23(29)26(19)15-5-3-4-14(25)11-15/h3-11,19,27H,1-2H3/b20-18-. The van der Waals surface area contributed by atoms with Crippen molar-refractivity contribution in [3.05, 3.63) is 86.3 Å². The average Bonchev–Trinajstić information content (AvgIpc) is 3.28. The van der Waals surface area contributed by atoms with Crippen LogP contribution in [0.25, 0.3) is 5.76 Å². The topological polar surface area (TPSA) is 66.8 Å². The fourth-order valence-electron chi connectivity index (χ4n) is 3.65. The summed E-state index contributed by atoms with van der Waals surface area (Å²) >= 11 is 7.44. The highest BCUT2D eigenvalue weighted by molar-refractivity contribution is 7.10. The zero-order chi connectivity index (χ0) is 22.3. The van der Waals surface area contributed by atoms with E-state index >= 15 is 0 Å². The quantitative estimate of drug-likeness (QED) is 0.320. The van der Waals surface area contributed by atoms with Crippen LogP contribution in [0.1, 0.15) is 22.0 Å². The Morgan fingerprint density at radius 2 is 1.97 bits per heavy atom. The van der Waals surface area contributed by atoms with Crippen LogP contribution in [0.3, 0.4) is 0 Å². The van der Waals surface area contributed by atoms with Crippen LogP contribution < -0.4 is 9.64 Å². The average molecular weight is 458 g/mol. The van der Waals surface area contributed by atoms with Crippen molar-refractivity contribution >= 4 is 46.1 Å². The number of benzene rings is 2. The van der Waals surface area contributed by atoms with Crippen molar-refractivity contribution in [2.24, 2.45) is 0 Å². The monoisotopic (exact) mass is 457 g/mol. The highest BCUT2D eigenvalue weighted by Gasteiger charge is 2.48. The fraction of sp³-hybridized carbons (Fsp3) is 0.130. The lowest BCUT2D eigenvalue weighted by Gasteiger charge is -2.25. The Labute approximate surface area is 187 Å². The predicted molar refractivity (Wildman–Crippen MR) is 118 cm³/mol. The van der Waals surface area contributed by atoms with Crippen molar-refractivity contribution in [1.29, 1.82) is 0 Å². The van der Waals surface area contributed by atoms with Gasteiger partial charge in [-0.2, -0.15) is 0 Å². The number of anilines is 1. The third kappa shape index (κ3) is 3.60. The van der Waals surface area contributed by atoms with E-state index in [2.05, 4.69) is 0 Å². The molecular formula is C23H17ClFNO4S. The maximum absolute atomic E-state index is 13.9. The third-order valence-electron chi connectivity index (χ3n) is 5.10. The first-order valence-electron chi connectivity index (χ1n) is 9.28. The van der Waals surface area contributed by atoms with E-state index in [9.17, 15) is 19.1 Å². The molecule has 5 nitrogen and oxygen atoms in total. The van der Waals surface area contributed by atoms with Gasteiger partial charge in [0.25, 0.3) is 11.7 Å². The summed E-state index contributed by atoms with van der Waals surface area (Å²) in [6.07, 6.45) is 0. The van der Waals surface area contributed by atoms with Gasteiger partial charge in [-0.1, -0.05) is 17.7 Å². The number of carbonyl (C=O) groups is 2. The summed E-state index contributed by atoms with van der Waals surface area (Å²) in [7, 11) is 1.42. The van der Waals surface area contributed by atoms with Gasteiger partial charge in [-0.3, -0.25) is 14.5 Å². The van der Waals surface area contributed by atoms with Gasteiger partial charge in [0.2, 0.25) is 0 Å². The molecule has 0 radical (unpaired) electrons. The summed E-state index contributed by atoms with van der Waals surface area (Å²) in [4.78, 5) is 28.1. The molecule has 0 bridgehead atoms. The molecule has 0 saturated carbocycles. The summed E-state index contributed by atoms with van der Waals surface area (Å²) in [5.41, 5.74) is 1.13. The molecule has 1 aromatic heterocycles. The minimum atomic E-state index is -0.925. The molecule has 1 fully saturated rings. The van der Waals surface area contributed by atoms with Crippen LogP contribution in [0, 0.1) is 12.7 Å². The first-order valence-corrected chi connectivity index (χ1v) is 10.5. The molecule has 1 unspecified atom stereocenters. The SMILES string of the molecule is COc1ccc(Cl)cc1/C(O)=C1/C(=O)C(=O)N(c2cccc(F)c2)C1c1sccc1C. The first kappa shape index (κ1) is 21.1. The molecule has 3 aromatic rings. The number of aliphatic hydroxyl groups is 1. The largest absolute Gasteiger partial charge is 0.507 e. The van der Waals surface area contributed by atoms with Crippen molar-refractivity contribution in [1.82, 2.24) is 0 Å². The number of thiophene rings is 1. The van der Waals surface area contributed by atoms with E-state index < -0.39 is 29.3 Å². The number of hydrogen-bond acceptors (Lipinski definition) is 5. The van der Waals surface area contributed by atoms with Crippen LogP contribution in [0.5, 0.6) is 5.75 Å². The third-order valence-corrected chi connectivity index (χ3v) is 6.40. The molecule has 8 heteroatoms. The number of Topliss-reactive ketones (excluding diaryl/α,β-unsaturated/α-hetero) is 1. The number of aryl methyl sites for hydroxylation is 1. The Balaban J connectivity index is 2.00. The molecule has 0 spiro atoms. The Morgan fingerprint density at radius 3 is 2.61 bits per heavy atom. The summed E-state index contributed by atoms with van der Waals surface area (Å²) in [6, 6.07) is 11.0. The highest BCUT2D eigenvalue weighted by Crippen LogP contribution is 2.45. The molecule has 1 saturated heterocycles. The second-order valence-electron chi connectivity index (χ2n) is 6.96. The number of ether oxygens (including phenoxy) is 1. The van der Waals surface area contributed by atoms with Crippen LogP contribution in [0.15, 0.2) is 59.5 Å². The van der Waals surface area contributed by atoms with Crippen LogP contribution in [-0.4, -0.2) is 23.9 Å². The number of aliphatic hydroxyl groups excluding tert-OH is 1. The molecule has 158 valence electrons. The van der Waals surface area contributed by atoms with Crippen LogP contribution in [0.2, 0.25) is 5.02 Å². The lowest BCUT2D eigenvalue weighted by molar-refractivity contribution is -0.132. The zero-order valence-corrected chi connectivity index (χ0v) is 18.1. The van der Waals surface area contributed by atoms with Gasteiger partial charge in [0, 0.05) is 15.6 Å². The maximum Gasteiger partial charge on any atom is 0.300 e. The van der Waals surface area contributed by atoms with Crippen molar-refractivity contribution in [2.45, 2.75) is 13.0 Å². The lowest BCUT2D eigenvalue weighted by Crippen LogP contribution is -2.29. The van der Waals surface area contributed by atoms with E-state index in [0.29, 0.717) is 15.6 Å². The molecule has 2 heterocycles. The van der Waals surface area contributed by atoms with E-state index in [1.807, 2.05) is 18.4 Å². The number of carbonyl (C=O) groups excluding carboxylic acids is 2. The molecule has 1 N–H and O–H groups in total. The molecular weight excluding hydrogens is 441 g/mol. The van der Waals surface area contributed by atoms with Gasteiger partial charge >= 0.3 is 0 Å². The normalized spacial score (nSPS) is 17.9. The Kier molecular flexibility index (Phi) is 5.56. The van der Waals surface area contributed by atoms with Gasteiger partial charge in [0.1, 0.15) is 23.4 Å². The molecule has 1 aliphatic rings. The summed E-state index contributed by atoms with van der Waals surface area (Å²) in [5.74, 6) is -2.39. The second-order valence-corrected chi connectivity index (χ2v) is 8.35. The number of amides is 1. The molecule has 1 aliphatic heterocycles. The Morgan fingerprint density at radius 1 is 1.19 bits per heavy atom. The lowest BCUT2D eigenvalue weighted by atomic mass is 9.98. The van der Waals surface area contributed by atoms with E-state index in [1.54, 1.807) is 18.2 Å². The van der Waals surface area contributed by atoms with Gasteiger partial charge in [0.15, 0.2) is 0 Å². The summed E-state index contributed by atoms with van der Waals surface area (Å²) in [5, 5.41) is 13.4. The fourth-order valence-corrected chi connectivity index (χ4v) is 4.84. The van der Waals surface area contributed by atoms with Crippen molar-refractivity contribution < 1.29 is 23.8 Å². The van der Waals surface area contributed by atoms with Gasteiger partial charge < -0.3 is 9.84 Å². The minimum absolute atomic E-state index is 0.111. The van der Waals surface area contributed by atoms with Crippen LogP contribution >= 0.6 is 22.9 Å². The summed E-state index contributed by atoms with van der Waals surface area (Å²) < 4.78 is 19.3. The van der Waals surface area contributed by atoms with Crippen molar-refractivity contribution in [3.8, 4) is 5.75 Å². The van der Waals surface area contributed by atoms with Crippen LogP contribution in [0.4, 0.5) is 10.1 Å². The number of halogens is 2. The molecule has 1 atom stereocenters. The van der Waals surface area contributed by atoms with E-state index in [0.717, 1.165) is 5.56 Å². The Hall–Kier alpha value is -3.16. The zero-order valence-electron chi connectivity index (χ0n) is 16.6. The maximum atomic E-state index is 13.9. The van der Waals surface area contributed by atoms with Gasteiger partial charge in [-0.15, -0.1) is 11.3 Å². The Bertz CT molecular complexity index is 1240. The van der Waals surface area contributed by atoms with Gasteiger partial charge in [0.05, 0.1) is 18.2 Å². The molecule has 2 aromatic carbocycles. The number of hydrogen-bond donors (Lipinski definition) is 1. The second kappa shape index (κ2) is 8.17. The van der Waals surface area contributed by atoms with Crippen molar-refractivity contribution in [3.63, 3.8) is 0 Å². The number of methoxy groups -OCH3 is 1. The smallest absolute Gasteiger partial charge is 0.300 e. The summed E-state index contributed by atoms with van der Waals surface area (Å²) in [6.45, 7) is 1.84. The van der Waals surface area contributed by atoms with E-state index in [4.69, 9.17) is 16.3 Å². The highest BCUT2D eigenvalue weighted by atomic mass is 35.5. The number of rotatable bonds is 4. The van der Waals surface area contributed by atoms with Crippen molar-refractivity contribution in [2.75, 3.05) is 12.0 Å². The van der Waals surface area contributed by atoms with Gasteiger partial charge in [-0.05, 0) is 60.3 Å². The molecule has 0 aliphatic carbocycles. The molecule has 31 heavy (non-hydrogen) atoms. The van der Waals surface area contributed by atoms with Gasteiger partial charge in [-0.25, -0.2) is 4.39 Å². The van der Waals surface area contributed by atoms with E-state index in [1.165, 1.54) is 47.6 Å². The number of ketones is 1. The van der Waals surface area contributed by atoms with E-state index in [-0.39, 0.29) is 16.8 Å². The minimum Gasteiger partial charge on any atom is -0.507 e. The molecule has 4 rings (SSSR count). The predicted octanol–water partition coefficient (Wildman–Crippen LogP) is 5.48. The van der Waals surface area contributed by atoms with Crippen LogP contribution in [-0.2, 0) is 9.59 Å². The number of nitrogens with zero attached hydrogens (tertiary/aromatic N) is 1.